The molecular formula is C29H31ClFN5O5. The molecular weight excluding hydrogens is 553 g/mol. The average molecular weight is 584 g/mol. The number of methoxy groups -OCH3 is 1. The molecule has 216 valence electrons. The van der Waals surface area contributed by atoms with Crippen molar-refractivity contribution >= 4 is 29.4 Å². The number of carbonyl (C=O) groups excluding carboxylic acids is 1. The summed E-state index contributed by atoms with van der Waals surface area (Å²) in [4.78, 5) is 42.8. The van der Waals surface area contributed by atoms with E-state index in [1.54, 1.807) is 35.2 Å². The Bertz CT molecular complexity index is 1450. The van der Waals surface area contributed by atoms with E-state index >= 15 is 4.39 Å². The van der Waals surface area contributed by atoms with Crippen molar-refractivity contribution in [3.05, 3.63) is 86.9 Å². The first-order chi connectivity index (χ1) is 19.7. The molecule has 0 spiro atoms. The Hall–Kier alpha value is -4.12. The van der Waals surface area contributed by atoms with Crippen molar-refractivity contribution in [2.24, 2.45) is 5.92 Å². The number of H-pyrrole nitrogens is 1. The number of carbonyl (C=O) groups is 2. The number of aromatic amines is 1. The van der Waals surface area contributed by atoms with E-state index in [0.717, 1.165) is 5.56 Å². The van der Waals surface area contributed by atoms with Crippen LogP contribution in [0.3, 0.4) is 0 Å². The van der Waals surface area contributed by atoms with E-state index in [1.807, 2.05) is 17.0 Å². The van der Waals surface area contributed by atoms with E-state index in [0.29, 0.717) is 48.1 Å². The van der Waals surface area contributed by atoms with Crippen LogP contribution in [-0.2, 0) is 4.79 Å². The summed E-state index contributed by atoms with van der Waals surface area (Å²) in [7, 11) is 1.46. The highest BCUT2D eigenvalue weighted by molar-refractivity contribution is 6.30. The van der Waals surface area contributed by atoms with Crippen molar-refractivity contribution in [2.45, 2.75) is 24.8 Å². The average Bonchev–Trinajstić information content (AvgIpc) is 3.38. The van der Waals surface area contributed by atoms with Crippen LogP contribution < -0.4 is 15.2 Å². The number of amides is 2. The smallest absolute Gasteiger partial charge is 0.407 e. The topological polar surface area (TPSA) is 119 Å². The number of nitrogens with one attached hydrogen (secondary N) is 1. The number of benzene rings is 2. The van der Waals surface area contributed by atoms with Crippen molar-refractivity contribution < 1.29 is 23.8 Å². The minimum absolute atomic E-state index is 0.133. The van der Waals surface area contributed by atoms with Crippen LogP contribution in [0.15, 0.2) is 59.4 Å². The Morgan fingerprint density at radius 3 is 2.51 bits per heavy atom. The number of hydrogen-bond acceptors (Lipinski definition) is 6. The maximum Gasteiger partial charge on any atom is 0.407 e. The fourth-order valence-corrected chi connectivity index (χ4v) is 5.97. The minimum atomic E-state index is -1.06. The highest BCUT2D eigenvalue weighted by Crippen LogP contribution is 2.38. The van der Waals surface area contributed by atoms with Crippen molar-refractivity contribution in [1.29, 1.82) is 0 Å². The highest BCUT2D eigenvalue weighted by atomic mass is 35.5. The predicted molar refractivity (Wildman–Crippen MR) is 151 cm³/mol. The van der Waals surface area contributed by atoms with E-state index in [2.05, 4.69) is 10.2 Å². The van der Waals surface area contributed by atoms with E-state index in [4.69, 9.17) is 16.3 Å². The molecule has 3 atom stereocenters. The zero-order valence-corrected chi connectivity index (χ0v) is 23.3. The second-order valence-corrected chi connectivity index (χ2v) is 10.7. The Morgan fingerprint density at radius 2 is 1.85 bits per heavy atom. The Kier molecular flexibility index (Phi) is 8.44. The van der Waals surface area contributed by atoms with Gasteiger partial charge in [0.15, 0.2) is 0 Å². The molecule has 0 aliphatic carbocycles. The van der Waals surface area contributed by atoms with Gasteiger partial charge in [-0.15, -0.1) is 0 Å². The third-order valence-corrected chi connectivity index (χ3v) is 8.19. The number of rotatable bonds is 5. The second kappa shape index (κ2) is 12.2. The van der Waals surface area contributed by atoms with Crippen molar-refractivity contribution in [3.8, 4) is 5.75 Å². The van der Waals surface area contributed by atoms with Crippen LogP contribution in [0.4, 0.5) is 15.0 Å². The molecule has 2 aromatic carbocycles. The van der Waals surface area contributed by atoms with Crippen molar-refractivity contribution in [1.82, 2.24) is 20.0 Å². The van der Waals surface area contributed by atoms with Crippen LogP contribution in [0.25, 0.3) is 0 Å². The molecule has 0 unspecified atom stereocenters. The zero-order valence-electron chi connectivity index (χ0n) is 22.5. The Morgan fingerprint density at radius 1 is 1.07 bits per heavy atom. The third kappa shape index (κ3) is 6.14. The van der Waals surface area contributed by atoms with Gasteiger partial charge in [-0.1, -0.05) is 29.8 Å². The summed E-state index contributed by atoms with van der Waals surface area (Å²) >= 11 is 6.03. The third-order valence-electron chi connectivity index (χ3n) is 7.94. The van der Waals surface area contributed by atoms with Crippen molar-refractivity contribution in [2.75, 3.05) is 44.7 Å². The van der Waals surface area contributed by atoms with Gasteiger partial charge >= 0.3 is 6.09 Å². The number of anilines is 1. The molecule has 3 heterocycles. The molecule has 2 saturated heterocycles. The normalized spacial score (nSPS) is 21.3. The van der Waals surface area contributed by atoms with Crippen molar-refractivity contribution in [3.63, 3.8) is 0 Å². The lowest BCUT2D eigenvalue weighted by Gasteiger charge is -2.36. The fraction of sp³-hybridized carbons (Fsp3) is 0.379. The molecule has 5 rings (SSSR count). The summed E-state index contributed by atoms with van der Waals surface area (Å²) in [5.74, 6) is -0.902. The molecule has 2 fully saturated rings. The lowest BCUT2D eigenvalue weighted by Crippen LogP contribution is -2.47. The number of ether oxygens (including phenoxy) is 1. The van der Waals surface area contributed by atoms with E-state index in [9.17, 15) is 19.5 Å². The summed E-state index contributed by atoms with van der Waals surface area (Å²) in [6, 6.07) is 14.3. The van der Waals surface area contributed by atoms with Crippen LogP contribution in [0.1, 0.15) is 35.9 Å². The molecule has 10 nitrogen and oxygen atoms in total. The number of aromatic nitrogens is 2. The molecule has 2 aliphatic heterocycles. The van der Waals surface area contributed by atoms with E-state index in [1.165, 1.54) is 24.1 Å². The summed E-state index contributed by atoms with van der Waals surface area (Å²) in [6.45, 7) is 1.36. The summed E-state index contributed by atoms with van der Waals surface area (Å²) in [5, 5.41) is 17.1. The summed E-state index contributed by atoms with van der Waals surface area (Å²) in [5.41, 5.74) is 0.892. The quantitative estimate of drug-likeness (QED) is 0.463. The van der Waals surface area contributed by atoms with Crippen LogP contribution in [0.5, 0.6) is 5.75 Å². The molecule has 1 aromatic heterocycles. The fourth-order valence-electron chi connectivity index (χ4n) is 5.85. The van der Waals surface area contributed by atoms with Crippen LogP contribution in [0, 0.1) is 11.7 Å². The Labute approximate surface area is 241 Å². The second-order valence-electron chi connectivity index (χ2n) is 10.3. The molecule has 0 saturated carbocycles. The molecule has 2 aliphatic rings. The van der Waals surface area contributed by atoms with E-state index in [-0.39, 0.29) is 37.1 Å². The number of halogens is 2. The first kappa shape index (κ1) is 28.4. The van der Waals surface area contributed by atoms with Gasteiger partial charge in [0, 0.05) is 55.8 Å². The molecule has 0 bridgehead atoms. The van der Waals surface area contributed by atoms with Gasteiger partial charge in [0.2, 0.25) is 5.91 Å². The molecule has 3 aromatic rings. The predicted octanol–water partition coefficient (Wildman–Crippen LogP) is 4.13. The standard InChI is InChI=1S/C29H31ClFN5O5/c1-41-20-8-9-21(24(31)15-20)22-16-35(26-10-11-27(37)33-32-26)17-23(22)28(38)34-12-2-3-25(36(14-13-34)29(39)40)18-4-6-19(30)7-5-18/h4-11,15,22-23,25H,2-3,12-14,16-17H2,1H3,(H,33,37)(H,39,40)/t22-,23+,25+/m0/s1. The van der Waals surface area contributed by atoms with Gasteiger partial charge in [-0.3, -0.25) is 14.5 Å². The van der Waals surface area contributed by atoms with E-state index < -0.39 is 23.7 Å². The summed E-state index contributed by atoms with van der Waals surface area (Å²) in [6.07, 6.45) is 0.0582. The van der Waals surface area contributed by atoms with Gasteiger partial charge in [-0.05, 0) is 48.2 Å². The maximum absolute atomic E-state index is 15.3. The first-order valence-corrected chi connectivity index (χ1v) is 13.8. The zero-order chi connectivity index (χ0) is 29.1. The number of hydrogen-bond donors (Lipinski definition) is 2. The number of carboxylic acid groups (broad SMARTS) is 1. The minimum Gasteiger partial charge on any atom is -0.497 e. The monoisotopic (exact) mass is 583 g/mol. The SMILES string of the molecule is COc1ccc([C@@H]2CN(c3ccc(=O)[nH]n3)C[C@H]2C(=O)N2CCC[C@H](c3ccc(Cl)cc3)N(C(=O)O)CC2)c(F)c1. The molecule has 41 heavy (non-hydrogen) atoms. The maximum atomic E-state index is 15.3. The van der Waals surface area contributed by atoms with Crippen LogP contribution >= 0.6 is 11.6 Å². The lowest BCUT2D eigenvalue weighted by molar-refractivity contribution is -0.136. The van der Waals surface area contributed by atoms with Gasteiger partial charge in [0.1, 0.15) is 17.4 Å². The lowest BCUT2D eigenvalue weighted by atomic mass is 9.87. The van der Waals surface area contributed by atoms with Crippen LogP contribution in [-0.4, -0.2) is 76.9 Å². The largest absolute Gasteiger partial charge is 0.497 e. The van der Waals surface area contributed by atoms with Gasteiger partial charge in [0.25, 0.3) is 5.56 Å². The summed E-state index contributed by atoms with van der Waals surface area (Å²) < 4.78 is 20.4. The van der Waals surface area contributed by atoms with Crippen LogP contribution in [0.2, 0.25) is 5.02 Å². The highest BCUT2D eigenvalue weighted by Gasteiger charge is 2.42. The van der Waals surface area contributed by atoms with Gasteiger partial charge in [-0.25, -0.2) is 14.3 Å². The molecule has 2 N–H and O–H groups in total. The molecule has 12 heteroatoms. The van der Waals surface area contributed by atoms with Gasteiger partial charge in [-0.2, -0.15) is 5.10 Å². The molecule has 2 amide bonds. The van der Waals surface area contributed by atoms with Gasteiger partial charge < -0.3 is 19.6 Å². The van der Waals surface area contributed by atoms with Gasteiger partial charge in [0.05, 0.1) is 19.1 Å². The number of nitrogens with zero attached hydrogens (tertiary/aromatic N) is 4. The Balaban J connectivity index is 1.40. The first-order valence-electron chi connectivity index (χ1n) is 13.4. The molecule has 0 radical (unpaired) electrons.